The van der Waals surface area contributed by atoms with Crippen molar-refractivity contribution in [3.63, 3.8) is 0 Å². The van der Waals surface area contributed by atoms with Gasteiger partial charge in [0.15, 0.2) is 0 Å². The average molecular weight is 233 g/mol. The third-order valence-corrected chi connectivity index (χ3v) is 3.36. The standard InChI is InChI=1S/C14H19NO2/c1-9(2)10-4-5-11-7-14(3,8-15)17-13(16)12(11)6-10/h4-6,9H,7-8,15H2,1-3H3. The van der Waals surface area contributed by atoms with Gasteiger partial charge >= 0.3 is 5.97 Å². The number of hydrogen-bond donors (Lipinski definition) is 1. The Morgan fingerprint density at radius 1 is 1.47 bits per heavy atom. The van der Waals surface area contributed by atoms with Crippen LogP contribution in [0.3, 0.4) is 0 Å². The zero-order valence-electron chi connectivity index (χ0n) is 10.6. The SMILES string of the molecule is CC(C)c1ccc2c(c1)C(=O)OC(C)(CN)C2. The van der Waals surface area contributed by atoms with Crippen molar-refractivity contribution in [2.45, 2.75) is 38.7 Å². The van der Waals surface area contributed by atoms with Gasteiger partial charge in [-0.05, 0) is 30.0 Å². The third-order valence-electron chi connectivity index (χ3n) is 3.36. The highest BCUT2D eigenvalue weighted by Gasteiger charge is 2.35. The van der Waals surface area contributed by atoms with Gasteiger partial charge in [-0.3, -0.25) is 0 Å². The van der Waals surface area contributed by atoms with Gasteiger partial charge in [0, 0.05) is 13.0 Å². The van der Waals surface area contributed by atoms with Crippen LogP contribution in [0.25, 0.3) is 0 Å². The summed E-state index contributed by atoms with van der Waals surface area (Å²) in [6, 6.07) is 6.05. The molecule has 1 atom stereocenters. The summed E-state index contributed by atoms with van der Waals surface area (Å²) in [6.45, 7) is 6.45. The van der Waals surface area contributed by atoms with Crippen LogP contribution in [0.4, 0.5) is 0 Å². The van der Waals surface area contributed by atoms with Crippen LogP contribution in [0, 0.1) is 0 Å². The molecule has 1 aromatic carbocycles. The Hall–Kier alpha value is -1.35. The molecule has 92 valence electrons. The Balaban J connectivity index is 2.42. The summed E-state index contributed by atoms with van der Waals surface area (Å²) in [5.41, 5.74) is 8.01. The van der Waals surface area contributed by atoms with Crippen LogP contribution in [0.15, 0.2) is 18.2 Å². The molecule has 0 amide bonds. The fourth-order valence-electron chi connectivity index (χ4n) is 2.13. The number of hydrogen-bond acceptors (Lipinski definition) is 3. The van der Waals surface area contributed by atoms with Crippen LogP contribution in [0.5, 0.6) is 0 Å². The molecular formula is C14H19NO2. The van der Waals surface area contributed by atoms with E-state index in [9.17, 15) is 4.79 Å². The second-order valence-corrected chi connectivity index (χ2v) is 5.29. The van der Waals surface area contributed by atoms with Gasteiger partial charge < -0.3 is 10.5 Å². The first kappa shape index (κ1) is 12.1. The van der Waals surface area contributed by atoms with E-state index in [1.54, 1.807) is 0 Å². The highest BCUT2D eigenvalue weighted by molar-refractivity contribution is 5.92. The van der Waals surface area contributed by atoms with E-state index in [1.165, 1.54) is 0 Å². The number of benzene rings is 1. The lowest BCUT2D eigenvalue weighted by Gasteiger charge is -2.33. The van der Waals surface area contributed by atoms with E-state index >= 15 is 0 Å². The van der Waals surface area contributed by atoms with Crippen LogP contribution >= 0.6 is 0 Å². The number of esters is 1. The number of rotatable bonds is 2. The molecule has 1 heterocycles. The molecule has 1 unspecified atom stereocenters. The fraction of sp³-hybridized carbons (Fsp3) is 0.500. The summed E-state index contributed by atoms with van der Waals surface area (Å²) in [5, 5.41) is 0. The highest BCUT2D eigenvalue weighted by Crippen LogP contribution is 2.29. The Morgan fingerprint density at radius 3 is 2.76 bits per heavy atom. The molecule has 17 heavy (non-hydrogen) atoms. The molecule has 3 nitrogen and oxygen atoms in total. The Kier molecular flexibility index (Phi) is 2.96. The van der Waals surface area contributed by atoms with Crippen molar-refractivity contribution in [3.8, 4) is 0 Å². The summed E-state index contributed by atoms with van der Waals surface area (Å²) in [4.78, 5) is 12.0. The number of carbonyl (C=O) groups excluding carboxylic acids is 1. The van der Waals surface area contributed by atoms with Crippen LogP contribution in [-0.4, -0.2) is 18.1 Å². The zero-order chi connectivity index (χ0) is 12.6. The molecule has 1 aromatic rings. The molecule has 2 N–H and O–H groups in total. The van der Waals surface area contributed by atoms with E-state index in [0.717, 1.165) is 11.1 Å². The minimum Gasteiger partial charge on any atom is -0.454 e. The largest absolute Gasteiger partial charge is 0.454 e. The van der Waals surface area contributed by atoms with Gasteiger partial charge in [-0.15, -0.1) is 0 Å². The predicted molar refractivity (Wildman–Crippen MR) is 67.1 cm³/mol. The van der Waals surface area contributed by atoms with Crippen LogP contribution < -0.4 is 5.73 Å². The molecule has 2 rings (SSSR count). The normalized spacial score (nSPS) is 23.5. The summed E-state index contributed by atoms with van der Waals surface area (Å²) < 4.78 is 5.42. The number of fused-ring (bicyclic) bond motifs is 1. The van der Waals surface area contributed by atoms with Gasteiger partial charge in [-0.1, -0.05) is 26.0 Å². The van der Waals surface area contributed by atoms with Crippen molar-refractivity contribution in [2.75, 3.05) is 6.54 Å². The monoisotopic (exact) mass is 233 g/mol. The van der Waals surface area contributed by atoms with Gasteiger partial charge in [-0.2, -0.15) is 0 Å². The first-order valence-electron chi connectivity index (χ1n) is 6.01. The minimum absolute atomic E-state index is 0.248. The van der Waals surface area contributed by atoms with Gasteiger partial charge in [-0.25, -0.2) is 4.79 Å². The molecule has 0 saturated carbocycles. The van der Waals surface area contributed by atoms with Gasteiger partial charge in [0.1, 0.15) is 5.60 Å². The molecule has 0 fully saturated rings. The quantitative estimate of drug-likeness (QED) is 0.797. The average Bonchev–Trinajstić information content (AvgIpc) is 2.28. The van der Waals surface area contributed by atoms with Crippen molar-refractivity contribution in [1.82, 2.24) is 0 Å². The Bertz CT molecular complexity index is 454. The fourth-order valence-corrected chi connectivity index (χ4v) is 2.13. The molecular weight excluding hydrogens is 214 g/mol. The maximum atomic E-state index is 12.0. The van der Waals surface area contributed by atoms with E-state index in [1.807, 2.05) is 19.1 Å². The van der Waals surface area contributed by atoms with Crippen molar-refractivity contribution in [1.29, 1.82) is 0 Å². The second kappa shape index (κ2) is 4.15. The van der Waals surface area contributed by atoms with Crippen molar-refractivity contribution in [3.05, 3.63) is 34.9 Å². The van der Waals surface area contributed by atoms with Crippen LogP contribution in [0.1, 0.15) is 48.2 Å². The van der Waals surface area contributed by atoms with Crippen LogP contribution in [-0.2, 0) is 11.2 Å². The van der Waals surface area contributed by atoms with E-state index in [2.05, 4.69) is 19.9 Å². The summed E-state index contributed by atoms with van der Waals surface area (Å²) in [6.07, 6.45) is 0.697. The highest BCUT2D eigenvalue weighted by atomic mass is 16.6. The van der Waals surface area contributed by atoms with Gasteiger partial charge in [0.2, 0.25) is 0 Å². The number of ether oxygens (including phenoxy) is 1. The Morgan fingerprint density at radius 2 is 2.18 bits per heavy atom. The maximum Gasteiger partial charge on any atom is 0.339 e. The lowest BCUT2D eigenvalue weighted by molar-refractivity contribution is -0.0110. The van der Waals surface area contributed by atoms with E-state index in [4.69, 9.17) is 10.5 Å². The molecule has 0 bridgehead atoms. The molecule has 0 aromatic heterocycles. The maximum absolute atomic E-state index is 12.0. The van der Waals surface area contributed by atoms with Crippen molar-refractivity contribution in [2.24, 2.45) is 5.73 Å². The van der Waals surface area contributed by atoms with Crippen LogP contribution in [0.2, 0.25) is 0 Å². The first-order valence-corrected chi connectivity index (χ1v) is 6.01. The van der Waals surface area contributed by atoms with Gasteiger partial charge in [0.25, 0.3) is 0 Å². The number of carbonyl (C=O) groups is 1. The zero-order valence-corrected chi connectivity index (χ0v) is 10.6. The second-order valence-electron chi connectivity index (χ2n) is 5.29. The van der Waals surface area contributed by atoms with E-state index in [0.29, 0.717) is 24.4 Å². The topological polar surface area (TPSA) is 52.3 Å². The Labute approximate surface area is 102 Å². The number of cyclic esters (lactones) is 1. The summed E-state index contributed by atoms with van der Waals surface area (Å²) in [7, 11) is 0. The lowest BCUT2D eigenvalue weighted by atomic mass is 9.88. The smallest absolute Gasteiger partial charge is 0.339 e. The summed E-state index contributed by atoms with van der Waals surface area (Å²) >= 11 is 0. The molecule has 1 aliphatic heterocycles. The first-order chi connectivity index (χ1) is 7.95. The molecule has 0 saturated heterocycles. The van der Waals surface area contributed by atoms with Crippen molar-refractivity contribution < 1.29 is 9.53 Å². The summed E-state index contributed by atoms with van der Waals surface area (Å²) in [5.74, 6) is 0.164. The molecule has 1 aliphatic rings. The minimum atomic E-state index is -0.552. The predicted octanol–water partition coefficient (Wildman–Crippen LogP) is 2.24. The van der Waals surface area contributed by atoms with E-state index < -0.39 is 5.60 Å². The molecule has 0 aliphatic carbocycles. The van der Waals surface area contributed by atoms with Gasteiger partial charge in [0.05, 0.1) is 5.56 Å². The number of nitrogens with two attached hydrogens (primary N) is 1. The lowest BCUT2D eigenvalue weighted by Crippen LogP contribution is -2.45. The molecule has 0 radical (unpaired) electrons. The molecule has 0 spiro atoms. The molecule has 3 heteroatoms. The van der Waals surface area contributed by atoms with E-state index in [-0.39, 0.29) is 5.97 Å². The third kappa shape index (κ3) is 2.20. The van der Waals surface area contributed by atoms with Crippen molar-refractivity contribution >= 4 is 5.97 Å².